The van der Waals surface area contributed by atoms with Crippen molar-refractivity contribution in [1.29, 1.82) is 0 Å². The van der Waals surface area contributed by atoms with Gasteiger partial charge in [-0.05, 0) is 56.1 Å². The number of ether oxygens (including phenoxy) is 1. The van der Waals surface area contributed by atoms with E-state index < -0.39 is 0 Å². The molecule has 2 heterocycles. The van der Waals surface area contributed by atoms with E-state index in [1.807, 2.05) is 6.07 Å². The molecule has 6 heteroatoms. The van der Waals surface area contributed by atoms with Crippen LogP contribution in [0.15, 0.2) is 42.6 Å². The summed E-state index contributed by atoms with van der Waals surface area (Å²) < 4.78 is 6.33. The number of nitrogens with zero attached hydrogens (tertiary/aromatic N) is 2. The van der Waals surface area contributed by atoms with Crippen molar-refractivity contribution in [2.45, 2.75) is 62.5 Å². The predicted molar refractivity (Wildman–Crippen MR) is 108 cm³/mol. The quantitative estimate of drug-likeness (QED) is 0.825. The highest BCUT2D eigenvalue weighted by atomic mass is 16.5. The summed E-state index contributed by atoms with van der Waals surface area (Å²) in [6.07, 6.45) is 8.44. The third-order valence-corrected chi connectivity index (χ3v) is 6.43. The first-order valence-electron chi connectivity index (χ1n) is 10.4. The normalized spacial score (nSPS) is 28.2. The fourth-order valence-electron chi connectivity index (χ4n) is 4.90. The molecule has 3 N–H and O–H groups in total. The van der Waals surface area contributed by atoms with Crippen LogP contribution in [0.25, 0.3) is 0 Å². The Morgan fingerprint density at radius 2 is 1.93 bits per heavy atom. The molecular weight excluding hydrogens is 352 g/mol. The molecule has 1 saturated carbocycles. The van der Waals surface area contributed by atoms with Gasteiger partial charge in [0.1, 0.15) is 0 Å². The molecule has 28 heavy (non-hydrogen) atoms. The molecule has 6 nitrogen and oxygen atoms in total. The highest BCUT2D eigenvalue weighted by molar-refractivity contribution is 5.72. The molecule has 2 aromatic rings. The summed E-state index contributed by atoms with van der Waals surface area (Å²) in [6, 6.07) is 12.4. The van der Waals surface area contributed by atoms with Crippen LogP contribution in [0.4, 0.5) is 4.79 Å². The summed E-state index contributed by atoms with van der Waals surface area (Å²) in [6.45, 7) is 1.24. The van der Waals surface area contributed by atoms with Gasteiger partial charge in [-0.2, -0.15) is 5.10 Å². The van der Waals surface area contributed by atoms with Gasteiger partial charge in [-0.15, -0.1) is 0 Å². The fourth-order valence-corrected chi connectivity index (χ4v) is 4.90. The van der Waals surface area contributed by atoms with Crippen LogP contribution in [0, 0.1) is 0 Å². The molecule has 1 aliphatic heterocycles. The second-order valence-corrected chi connectivity index (χ2v) is 8.08. The van der Waals surface area contributed by atoms with Gasteiger partial charge in [0, 0.05) is 24.4 Å². The first-order valence-corrected chi connectivity index (χ1v) is 10.4. The van der Waals surface area contributed by atoms with E-state index in [0.29, 0.717) is 19.1 Å². The molecule has 4 rings (SSSR count). The van der Waals surface area contributed by atoms with Gasteiger partial charge in [-0.25, -0.2) is 4.79 Å². The van der Waals surface area contributed by atoms with E-state index in [4.69, 9.17) is 10.5 Å². The van der Waals surface area contributed by atoms with Gasteiger partial charge in [-0.1, -0.05) is 30.3 Å². The second-order valence-electron chi connectivity index (χ2n) is 8.08. The number of nitrogens with two attached hydrogens (primary N) is 1. The SMILES string of the molecule is NC(=O)N1CCCC(c2ccn[nH]2)[C@H]1COC1CCC(c2ccccc2)CC1. The molecule has 1 aliphatic carbocycles. The minimum atomic E-state index is -0.356. The maximum Gasteiger partial charge on any atom is 0.315 e. The number of H-pyrrole nitrogens is 1. The number of piperidine rings is 1. The Bertz CT molecular complexity index is 741. The van der Waals surface area contributed by atoms with E-state index in [0.717, 1.165) is 44.2 Å². The largest absolute Gasteiger partial charge is 0.376 e. The van der Waals surface area contributed by atoms with Crippen molar-refractivity contribution in [3.8, 4) is 0 Å². The number of hydrogen-bond donors (Lipinski definition) is 2. The number of carbonyl (C=O) groups is 1. The molecule has 1 saturated heterocycles. The smallest absolute Gasteiger partial charge is 0.315 e. The molecule has 1 aromatic heterocycles. The zero-order valence-electron chi connectivity index (χ0n) is 16.3. The van der Waals surface area contributed by atoms with Crippen molar-refractivity contribution in [3.63, 3.8) is 0 Å². The number of benzene rings is 1. The lowest BCUT2D eigenvalue weighted by Gasteiger charge is -2.41. The molecule has 1 aromatic carbocycles. The van der Waals surface area contributed by atoms with Crippen molar-refractivity contribution in [1.82, 2.24) is 15.1 Å². The lowest BCUT2D eigenvalue weighted by Crippen LogP contribution is -2.52. The summed E-state index contributed by atoms with van der Waals surface area (Å²) in [4.78, 5) is 13.8. The lowest BCUT2D eigenvalue weighted by atomic mass is 9.82. The Kier molecular flexibility index (Phi) is 5.95. The Hall–Kier alpha value is -2.34. The average Bonchev–Trinajstić information content (AvgIpc) is 3.27. The van der Waals surface area contributed by atoms with E-state index in [1.54, 1.807) is 11.1 Å². The minimum absolute atomic E-state index is 0.0291. The van der Waals surface area contributed by atoms with Gasteiger partial charge in [0.25, 0.3) is 0 Å². The summed E-state index contributed by atoms with van der Waals surface area (Å²) in [5.74, 6) is 0.833. The van der Waals surface area contributed by atoms with E-state index in [9.17, 15) is 4.79 Å². The van der Waals surface area contributed by atoms with Crippen molar-refractivity contribution >= 4 is 6.03 Å². The van der Waals surface area contributed by atoms with Crippen LogP contribution >= 0.6 is 0 Å². The van der Waals surface area contributed by atoms with Crippen LogP contribution in [0.2, 0.25) is 0 Å². The van der Waals surface area contributed by atoms with Crippen molar-refractivity contribution in [2.24, 2.45) is 5.73 Å². The molecule has 0 bridgehead atoms. The summed E-state index contributed by atoms with van der Waals surface area (Å²) in [5.41, 5.74) is 8.17. The Labute approximate surface area is 166 Å². The number of urea groups is 1. The Morgan fingerprint density at radius 3 is 2.61 bits per heavy atom. The van der Waals surface area contributed by atoms with Gasteiger partial charge >= 0.3 is 6.03 Å². The zero-order valence-corrected chi connectivity index (χ0v) is 16.3. The molecule has 150 valence electrons. The predicted octanol–water partition coefficient (Wildman–Crippen LogP) is 3.78. The van der Waals surface area contributed by atoms with Crippen LogP contribution in [0.3, 0.4) is 0 Å². The molecular formula is C22H30N4O2. The highest BCUT2D eigenvalue weighted by Gasteiger charge is 2.36. The summed E-state index contributed by atoms with van der Waals surface area (Å²) >= 11 is 0. The first-order chi connectivity index (χ1) is 13.7. The summed E-state index contributed by atoms with van der Waals surface area (Å²) in [7, 11) is 0. The monoisotopic (exact) mass is 382 g/mol. The fraction of sp³-hybridized carbons (Fsp3) is 0.545. The zero-order chi connectivity index (χ0) is 19.3. The maximum atomic E-state index is 12.0. The van der Waals surface area contributed by atoms with Gasteiger partial charge in [0.15, 0.2) is 0 Å². The number of aromatic amines is 1. The molecule has 2 atom stereocenters. The topological polar surface area (TPSA) is 84.2 Å². The van der Waals surface area contributed by atoms with Gasteiger partial charge < -0.3 is 15.4 Å². The van der Waals surface area contributed by atoms with E-state index >= 15 is 0 Å². The van der Waals surface area contributed by atoms with Crippen molar-refractivity contribution in [2.75, 3.05) is 13.2 Å². The number of carbonyl (C=O) groups excluding carboxylic acids is 1. The Morgan fingerprint density at radius 1 is 1.14 bits per heavy atom. The Balaban J connectivity index is 1.36. The van der Waals surface area contributed by atoms with Gasteiger partial charge in [0.2, 0.25) is 0 Å². The average molecular weight is 383 g/mol. The number of likely N-dealkylation sites (tertiary alicyclic amines) is 1. The maximum absolute atomic E-state index is 12.0. The number of nitrogens with one attached hydrogen (secondary N) is 1. The number of amides is 2. The molecule has 0 radical (unpaired) electrons. The van der Waals surface area contributed by atoms with Crippen molar-refractivity contribution in [3.05, 3.63) is 53.9 Å². The van der Waals surface area contributed by atoms with Crippen molar-refractivity contribution < 1.29 is 9.53 Å². The van der Waals surface area contributed by atoms with E-state index in [1.165, 1.54) is 5.56 Å². The van der Waals surface area contributed by atoms with Crippen LogP contribution in [-0.4, -0.2) is 46.4 Å². The minimum Gasteiger partial charge on any atom is -0.376 e. The van der Waals surface area contributed by atoms with E-state index in [-0.39, 0.29) is 24.1 Å². The van der Waals surface area contributed by atoms with Crippen LogP contribution in [-0.2, 0) is 4.74 Å². The standard InChI is InChI=1S/C22H30N4O2/c23-22(27)26-14-4-7-19(20-12-13-24-25-20)21(26)15-28-18-10-8-17(9-11-18)16-5-2-1-3-6-16/h1-3,5-6,12-13,17-19,21H,4,7-11,14-15H2,(H2,23,27)(H,24,25)/t17?,18?,19?,21-/m1/s1. The lowest BCUT2D eigenvalue weighted by molar-refractivity contribution is -0.0163. The van der Waals surface area contributed by atoms with Gasteiger partial charge in [0.05, 0.1) is 18.8 Å². The van der Waals surface area contributed by atoms with Crippen LogP contribution in [0.5, 0.6) is 0 Å². The number of hydrogen-bond acceptors (Lipinski definition) is 3. The third kappa shape index (κ3) is 4.22. The molecule has 2 aliphatic rings. The van der Waals surface area contributed by atoms with Gasteiger partial charge in [-0.3, -0.25) is 5.10 Å². The number of aromatic nitrogens is 2. The number of rotatable bonds is 5. The summed E-state index contributed by atoms with van der Waals surface area (Å²) in [5, 5.41) is 7.16. The number of primary amides is 1. The van der Waals surface area contributed by atoms with E-state index in [2.05, 4.69) is 40.5 Å². The third-order valence-electron chi connectivity index (χ3n) is 6.43. The second kappa shape index (κ2) is 8.78. The molecule has 0 spiro atoms. The molecule has 2 amide bonds. The first kappa shape index (κ1) is 19.0. The highest BCUT2D eigenvalue weighted by Crippen LogP contribution is 2.36. The molecule has 2 fully saturated rings. The van der Waals surface area contributed by atoms with Crippen LogP contribution < -0.4 is 5.73 Å². The van der Waals surface area contributed by atoms with Crippen LogP contribution in [0.1, 0.15) is 61.6 Å². The molecule has 1 unspecified atom stereocenters.